The lowest BCUT2D eigenvalue weighted by molar-refractivity contribution is -0.119. The summed E-state index contributed by atoms with van der Waals surface area (Å²) in [7, 11) is 0. The molecule has 1 amide bonds. The Morgan fingerprint density at radius 2 is 2.60 bits per heavy atom. The van der Waals surface area contributed by atoms with E-state index < -0.39 is 0 Å². The first-order chi connectivity index (χ1) is 4.83. The van der Waals surface area contributed by atoms with E-state index >= 15 is 0 Å². The highest BCUT2D eigenvalue weighted by Crippen LogP contribution is 1.97. The molecule has 0 aromatic rings. The molecule has 1 rings (SSSR count). The Bertz CT molecular complexity index is 165. The summed E-state index contributed by atoms with van der Waals surface area (Å²) in [5.74, 6) is 0.415. The molecule has 0 aliphatic carbocycles. The minimum atomic E-state index is -0.0916. The zero-order valence-corrected chi connectivity index (χ0v) is 5.89. The monoisotopic (exact) mass is 142 g/mol. The molecule has 10 heavy (non-hydrogen) atoms. The summed E-state index contributed by atoms with van der Waals surface area (Å²) in [6.45, 7) is 2.64. The van der Waals surface area contributed by atoms with Crippen LogP contribution in [0.3, 0.4) is 0 Å². The molecule has 0 saturated heterocycles. The molecule has 0 atom stereocenters. The molecule has 0 aromatic carbocycles. The van der Waals surface area contributed by atoms with E-state index in [0.29, 0.717) is 18.9 Å². The first kappa shape index (κ1) is 7.05. The maximum absolute atomic E-state index is 10.5. The molecule has 0 spiro atoms. The minimum absolute atomic E-state index is 0.0916. The van der Waals surface area contributed by atoms with Gasteiger partial charge in [0.2, 0.25) is 11.8 Å². The molecule has 1 N–H and O–H groups in total. The second-order valence-corrected chi connectivity index (χ2v) is 2.07. The van der Waals surface area contributed by atoms with Crippen molar-refractivity contribution in [2.24, 2.45) is 5.10 Å². The molecule has 0 aromatic heterocycles. The third-order valence-corrected chi connectivity index (χ3v) is 1.09. The van der Waals surface area contributed by atoms with Crippen LogP contribution in [-0.4, -0.2) is 18.4 Å². The Morgan fingerprint density at radius 3 is 3.10 bits per heavy atom. The lowest BCUT2D eigenvalue weighted by atomic mass is 10.4. The van der Waals surface area contributed by atoms with Gasteiger partial charge >= 0.3 is 0 Å². The second-order valence-electron chi connectivity index (χ2n) is 2.07. The van der Waals surface area contributed by atoms with Crippen molar-refractivity contribution in [1.82, 2.24) is 5.43 Å². The van der Waals surface area contributed by atoms with Gasteiger partial charge in [-0.2, -0.15) is 0 Å². The maximum Gasteiger partial charge on any atom is 0.249 e. The van der Waals surface area contributed by atoms with Gasteiger partial charge in [-0.1, -0.05) is 6.92 Å². The molecule has 1 aliphatic heterocycles. The molecule has 0 bridgehead atoms. The highest BCUT2D eigenvalue weighted by molar-refractivity contribution is 6.00. The third-order valence-electron chi connectivity index (χ3n) is 1.09. The number of carbonyl (C=O) groups is 1. The van der Waals surface area contributed by atoms with E-state index in [9.17, 15) is 4.79 Å². The summed E-state index contributed by atoms with van der Waals surface area (Å²) < 4.78 is 5.09. The molecule has 4 nitrogen and oxygen atoms in total. The lowest BCUT2D eigenvalue weighted by Crippen LogP contribution is -2.09. The molecular formula is C6H10N2O2. The van der Waals surface area contributed by atoms with Crippen LogP contribution >= 0.6 is 0 Å². The summed E-state index contributed by atoms with van der Waals surface area (Å²) in [5, 5.41) is 3.65. The van der Waals surface area contributed by atoms with Crippen LogP contribution in [0.25, 0.3) is 0 Å². The minimum Gasteiger partial charge on any atom is -0.479 e. The lowest BCUT2D eigenvalue weighted by Gasteiger charge is -1.98. The van der Waals surface area contributed by atoms with E-state index in [1.807, 2.05) is 6.92 Å². The van der Waals surface area contributed by atoms with Crippen LogP contribution in [0, 0.1) is 0 Å². The Kier molecular flexibility index (Phi) is 2.25. The molecule has 0 radical (unpaired) electrons. The number of hydrazone groups is 1. The van der Waals surface area contributed by atoms with Gasteiger partial charge in [0.25, 0.3) is 0 Å². The molecule has 0 unspecified atom stereocenters. The van der Waals surface area contributed by atoms with Crippen molar-refractivity contribution < 1.29 is 9.53 Å². The summed E-state index contributed by atoms with van der Waals surface area (Å²) in [6, 6.07) is 0. The van der Waals surface area contributed by atoms with Gasteiger partial charge in [0.05, 0.1) is 6.61 Å². The quantitative estimate of drug-likeness (QED) is 0.600. The van der Waals surface area contributed by atoms with E-state index in [-0.39, 0.29) is 5.91 Å². The molecule has 4 heteroatoms. The fourth-order valence-corrected chi connectivity index (χ4v) is 0.644. The number of carbonyl (C=O) groups excluding carboxylic acids is 1. The van der Waals surface area contributed by atoms with Crippen LogP contribution in [0.15, 0.2) is 5.10 Å². The number of rotatable bonds is 2. The highest BCUT2D eigenvalue weighted by Gasteiger charge is 2.14. The van der Waals surface area contributed by atoms with Crippen molar-refractivity contribution in [2.45, 2.75) is 19.8 Å². The summed E-state index contributed by atoms with van der Waals surface area (Å²) >= 11 is 0. The fraction of sp³-hybridized carbons (Fsp3) is 0.667. The van der Waals surface area contributed by atoms with Crippen LogP contribution < -0.4 is 5.43 Å². The number of amides is 1. The second kappa shape index (κ2) is 3.20. The average Bonchev–Trinajstić information content (AvgIpc) is 2.31. The Hall–Kier alpha value is -1.06. The standard InChI is InChI=1S/C6H10N2O2/c1-2-3-10-6-4-5(9)7-8-6/h2-4H2,1H3,(H,7,9). The van der Waals surface area contributed by atoms with Gasteiger partial charge < -0.3 is 4.74 Å². The first-order valence-corrected chi connectivity index (χ1v) is 3.31. The number of nitrogens with one attached hydrogen (secondary N) is 1. The average molecular weight is 142 g/mol. The predicted octanol–water partition coefficient (Wildman–Crippen LogP) is 0.246. The SMILES string of the molecule is CCCOC1=NNC(=O)C1. The van der Waals surface area contributed by atoms with E-state index in [1.54, 1.807) is 0 Å². The first-order valence-electron chi connectivity index (χ1n) is 3.31. The summed E-state index contributed by atoms with van der Waals surface area (Å²) in [6.07, 6.45) is 1.23. The van der Waals surface area contributed by atoms with Crippen molar-refractivity contribution >= 4 is 11.8 Å². The predicted molar refractivity (Wildman–Crippen MR) is 36.4 cm³/mol. The number of nitrogens with zero attached hydrogens (tertiary/aromatic N) is 1. The smallest absolute Gasteiger partial charge is 0.249 e. The third kappa shape index (κ3) is 1.72. The van der Waals surface area contributed by atoms with E-state index in [0.717, 1.165) is 6.42 Å². The molecular weight excluding hydrogens is 132 g/mol. The van der Waals surface area contributed by atoms with Gasteiger partial charge in [-0.25, -0.2) is 5.43 Å². The van der Waals surface area contributed by atoms with Gasteiger partial charge in [-0.05, 0) is 6.42 Å². The number of ether oxygens (including phenoxy) is 1. The molecule has 1 aliphatic rings. The van der Waals surface area contributed by atoms with Crippen molar-refractivity contribution in [3.05, 3.63) is 0 Å². The maximum atomic E-state index is 10.5. The van der Waals surface area contributed by atoms with Crippen LogP contribution in [0.2, 0.25) is 0 Å². The summed E-state index contributed by atoms with van der Waals surface area (Å²) in [4.78, 5) is 10.5. The van der Waals surface area contributed by atoms with Crippen LogP contribution in [0.5, 0.6) is 0 Å². The fourth-order valence-electron chi connectivity index (χ4n) is 0.644. The zero-order chi connectivity index (χ0) is 7.40. The Morgan fingerprint density at radius 1 is 1.80 bits per heavy atom. The van der Waals surface area contributed by atoms with Gasteiger partial charge in [0, 0.05) is 0 Å². The van der Waals surface area contributed by atoms with Crippen LogP contribution in [0.1, 0.15) is 19.8 Å². The normalized spacial score (nSPS) is 16.5. The number of hydrogen-bond acceptors (Lipinski definition) is 3. The van der Waals surface area contributed by atoms with Crippen LogP contribution in [0.4, 0.5) is 0 Å². The van der Waals surface area contributed by atoms with Crippen molar-refractivity contribution in [1.29, 1.82) is 0 Å². The molecule has 0 fully saturated rings. The topological polar surface area (TPSA) is 50.7 Å². The van der Waals surface area contributed by atoms with E-state index in [1.165, 1.54) is 0 Å². The van der Waals surface area contributed by atoms with Gasteiger partial charge in [-0.15, -0.1) is 5.10 Å². The van der Waals surface area contributed by atoms with Gasteiger partial charge in [-0.3, -0.25) is 4.79 Å². The summed E-state index contributed by atoms with van der Waals surface area (Å²) in [5.41, 5.74) is 2.30. The largest absolute Gasteiger partial charge is 0.479 e. The van der Waals surface area contributed by atoms with Crippen molar-refractivity contribution in [3.63, 3.8) is 0 Å². The molecule has 1 heterocycles. The number of hydrogen-bond donors (Lipinski definition) is 1. The van der Waals surface area contributed by atoms with Gasteiger partial charge in [0.15, 0.2) is 0 Å². The molecule has 56 valence electrons. The highest BCUT2D eigenvalue weighted by atomic mass is 16.5. The van der Waals surface area contributed by atoms with Crippen molar-refractivity contribution in [2.75, 3.05) is 6.61 Å². The van der Waals surface area contributed by atoms with Crippen LogP contribution in [-0.2, 0) is 9.53 Å². The zero-order valence-electron chi connectivity index (χ0n) is 5.89. The van der Waals surface area contributed by atoms with E-state index in [4.69, 9.17) is 4.74 Å². The van der Waals surface area contributed by atoms with E-state index in [2.05, 4.69) is 10.5 Å². The Balaban J connectivity index is 2.23. The molecule has 0 saturated carbocycles. The Labute approximate surface area is 59.2 Å². The van der Waals surface area contributed by atoms with Gasteiger partial charge in [0.1, 0.15) is 6.42 Å². The van der Waals surface area contributed by atoms with Crippen molar-refractivity contribution in [3.8, 4) is 0 Å².